The second kappa shape index (κ2) is 8.90. The number of rotatable bonds is 8. The summed E-state index contributed by atoms with van der Waals surface area (Å²) >= 11 is 1.34. The first kappa shape index (κ1) is 19.9. The van der Waals surface area contributed by atoms with E-state index in [2.05, 4.69) is 34.0 Å². The van der Waals surface area contributed by atoms with Crippen LogP contribution in [0.15, 0.2) is 36.7 Å². The average Bonchev–Trinajstić information content (AvgIpc) is 3.20. The van der Waals surface area contributed by atoms with Gasteiger partial charge >= 0.3 is 5.97 Å². The fraction of sp³-hybridized carbons (Fsp3) is 0.300. The Balaban J connectivity index is 1.81. The van der Waals surface area contributed by atoms with Gasteiger partial charge < -0.3 is 15.3 Å². The summed E-state index contributed by atoms with van der Waals surface area (Å²) in [5.41, 5.74) is 1.25. The third-order valence-corrected chi connectivity index (χ3v) is 5.64. The smallest absolute Gasteiger partial charge is 0.354 e. The number of nitrogens with one attached hydrogen (secondary N) is 1. The van der Waals surface area contributed by atoms with Crippen molar-refractivity contribution in [3.8, 4) is 10.4 Å². The SMILES string of the molecule is CCN(CC)CCNC(=O)c1ccc(-c2cncc3ccc(C(=O)O)nc23)s1. The van der Waals surface area contributed by atoms with Gasteiger partial charge in [-0.15, -0.1) is 11.3 Å². The molecule has 0 aromatic carbocycles. The fourth-order valence-corrected chi connectivity index (χ4v) is 3.83. The lowest BCUT2D eigenvalue weighted by Gasteiger charge is -2.17. The van der Waals surface area contributed by atoms with Gasteiger partial charge in [-0.05, 0) is 37.4 Å². The highest BCUT2D eigenvalue weighted by Crippen LogP contribution is 2.32. The van der Waals surface area contributed by atoms with Crippen LogP contribution >= 0.6 is 11.3 Å². The number of hydrogen-bond donors (Lipinski definition) is 2. The van der Waals surface area contributed by atoms with Crippen molar-refractivity contribution >= 4 is 34.1 Å². The molecule has 0 atom stereocenters. The van der Waals surface area contributed by atoms with E-state index in [0.29, 0.717) is 22.5 Å². The summed E-state index contributed by atoms with van der Waals surface area (Å²) in [7, 11) is 0. The summed E-state index contributed by atoms with van der Waals surface area (Å²) in [6.45, 7) is 7.50. The van der Waals surface area contributed by atoms with Gasteiger partial charge in [-0.25, -0.2) is 9.78 Å². The van der Waals surface area contributed by atoms with Crippen molar-refractivity contribution in [2.24, 2.45) is 0 Å². The molecule has 0 radical (unpaired) electrons. The number of carboxylic acids is 1. The van der Waals surface area contributed by atoms with E-state index >= 15 is 0 Å². The number of nitrogens with zero attached hydrogens (tertiary/aromatic N) is 3. The summed E-state index contributed by atoms with van der Waals surface area (Å²) in [6, 6.07) is 6.76. The Hall–Kier alpha value is -2.84. The number of likely N-dealkylation sites (N-methyl/N-ethyl adjacent to an activating group) is 1. The maximum atomic E-state index is 12.4. The number of carbonyl (C=O) groups excluding carboxylic acids is 1. The van der Waals surface area contributed by atoms with E-state index in [-0.39, 0.29) is 11.6 Å². The van der Waals surface area contributed by atoms with Crippen LogP contribution in [-0.4, -0.2) is 58.0 Å². The Labute approximate surface area is 167 Å². The number of hydrogen-bond acceptors (Lipinski definition) is 6. The molecule has 2 N–H and O–H groups in total. The average molecular weight is 398 g/mol. The fourth-order valence-electron chi connectivity index (χ4n) is 2.90. The van der Waals surface area contributed by atoms with Gasteiger partial charge in [0.1, 0.15) is 5.69 Å². The Morgan fingerprint density at radius 2 is 1.93 bits per heavy atom. The van der Waals surface area contributed by atoms with Crippen molar-refractivity contribution in [2.45, 2.75) is 13.8 Å². The number of thiophene rings is 1. The van der Waals surface area contributed by atoms with Crippen molar-refractivity contribution in [1.29, 1.82) is 0 Å². The minimum absolute atomic E-state index is 0.0223. The van der Waals surface area contributed by atoms with Crippen LogP contribution in [-0.2, 0) is 0 Å². The van der Waals surface area contributed by atoms with Crippen LogP contribution < -0.4 is 5.32 Å². The Morgan fingerprint density at radius 1 is 1.14 bits per heavy atom. The first-order chi connectivity index (χ1) is 13.5. The molecule has 3 rings (SSSR count). The van der Waals surface area contributed by atoms with Crippen LogP contribution in [0.4, 0.5) is 0 Å². The van der Waals surface area contributed by atoms with Gasteiger partial charge in [0.2, 0.25) is 0 Å². The molecule has 0 aliphatic heterocycles. The molecule has 7 nitrogen and oxygen atoms in total. The van der Waals surface area contributed by atoms with E-state index in [9.17, 15) is 14.7 Å². The molecule has 3 aromatic rings. The van der Waals surface area contributed by atoms with Crippen molar-refractivity contribution < 1.29 is 14.7 Å². The molecule has 28 heavy (non-hydrogen) atoms. The Morgan fingerprint density at radius 3 is 2.64 bits per heavy atom. The lowest BCUT2D eigenvalue weighted by Crippen LogP contribution is -2.34. The topological polar surface area (TPSA) is 95.4 Å². The van der Waals surface area contributed by atoms with Crippen molar-refractivity contribution in [3.05, 3.63) is 47.2 Å². The number of fused-ring (bicyclic) bond motifs is 1. The van der Waals surface area contributed by atoms with Gasteiger partial charge in [-0.2, -0.15) is 0 Å². The molecule has 0 saturated carbocycles. The first-order valence-electron chi connectivity index (χ1n) is 9.12. The number of amides is 1. The maximum Gasteiger partial charge on any atom is 0.354 e. The predicted molar refractivity (Wildman–Crippen MR) is 110 cm³/mol. The summed E-state index contributed by atoms with van der Waals surface area (Å²) in [5, 5.41) is 12.9. The Bertz CT molecular complexity index is 998. The van der Waals surface area contributed by atoms with E-state index in [4.69, 9.17) is 0 Å². The van der Waals surface area contributed by atoms with Crippen LogP contribution in [0.1, 0.15) is 34.0 Å². The standard InChI is InChI=1S/C20H22N4O3S/c1-3-24(4-2)10-9-22-19(25)17-8-7-16(28-17)14-12-21-11-13-5-6-15(20(26)27)23-18(13)14/h5-8,11-12H,3-4,9-10H2,1-2H3,(H,22,25)(H,26,27). The van der Waals surface area contributed by atoms with E-state index in [1.807, 2.05) is 6.07 Å². The van der Waals surface area contributed by atoms with Crippen molar-refractivity contribution in [1.82, 2.24) is 20.2 Å². The number of aromatic carboxylic acids is 1. The van der Waals surface area contributed by atoms with Gasteiger partial charge in [-0.1, -0.05) is 13.8 Å². The molecular weight excluding hydrogens is 376 g/mol. The van der Waals surface area contributed by atoms with Gasteiger partial charge in [0.15, 0.2) is 0 Å². The molecule has 3 aromatic heterocycles. The molecule has 3 heterocycles. The highest BCUT2D eigenvalue weighted by atomic mass is 32.1. The second-order valence-electron chi connectivity index (χ2n) is 6.21. The van der Waals surface area contributed by atoms with Crippen LogP contribution in [0.25, 0.3) is 21.3 Å². The zero-order chi connectivity index (χ0) is 20.1. The molecule has 0 spiro atoms. The maximum absolute atomic E-state index is 12.4. The molecule has 0 unspecified atom stereocenters. The van der Waals surface area contributed by atoms with Crippen molar-refractivity contribution in [3.63, 3.8) is 0 Å². The van der Waals surface area contributed by atoms with E-state index in [0.717, 1.165) is 29.9 Å². The molecule has 0 bridgehead atoms. The molecule has 8 heteroatoms. The number of carboxylic acid groups (broad SMARTS) is 1. The summed E-state index contributed by atoms with van der Waals surface area (Å²) in [5.74, 6) is -1.19. The van der Waals surface area contributed by atoms with Crippen LogP contribution in [0.2, 0.25) is 0 Å². The van der Waals surface area contributed by atoms with Crippen LogP contribution in [0.3, 0.4) is 0 Å². The number of carbonyl (C=O) groups is 2. The number of aromatic nitrogens is 2. The lowest BCUT2D eigenvalue weighted by atomic mass is 10.1. The van der Waals surface area contributed by atoms with E-state index < -0.39 is 5.97 Å². The minimum Gasteiger partial charge on any atom is -0.477 e. The van der Waals surface area contributed by atoms with Crippen LogP contribution in [0.5, 0.6) is 0 Å². The van der Waals surface area contributed by atoms with E-state index in [1.165, 1.54) is 17.4 Å². The summed E-state index contributed by atoms with van der Waals surface area (Å²) < 4.78 is 0. The van der Waals surface area contributed by atoms with Gasteiger partial charge in [0.05, 0.1) is 10.4 Å². The molecule has 0 saturated heterocycles. The second-order valence-corrected chi connectivity index (χ2v) is 7.29. The molecule has 0 aliphatic rings. The van der Waals surface area contributed by atoms with Crippen molar-refractivity contribution in [2.75, 3.05) is 26.2 Å². The third kappa shape index (κ3) is 4.35. The normalized spacial score (nSPS) is 11.1. The molecular formula is C20H22N4O3S. The van der Waals surface area contributed by atoms with E-state index in [1.54, 1.807) is 24.5 Å². The molecule has 0 aliphatic carbocycles. The van der Waals surface area contributed by atoms with Gasteiger partial charge in [-0.3, -0.25) is 9.78 Å². The third-order valence-electron chi connectivity index (χ3n) is 4.52. The predicted octanol–water partition coefficient (Wildman–Crippen LogP) is 3.13. The quantitative estimate of drug-likeness (QED) is 0.605. The van der Waals surface area contributed by atoms with Gasteiger partial charge in [0, 0.05) is 41.3 Å². The van der Waals surface area contributed by atoms with Gasteiger partial charge in [0.25, 0.3) is 5.91 Å². The Kier molecular flexibility index (Phi) is 6.33. The zero-order valence-electron chi connectivity index (χ0n) is 15.8. The lowest BCUT2D eigenvalue weighted by molar-refractivity contribution is 0.0690. The number of pyridine rings is 2. The highest BCUT2D eigenvalue weighted by Gasteiger charge is 2.14. The summed E-state index contributed by atoms with van der Waals surface area (Å²) in [6.07, 6.45) is 3.29. The zero-order valence-corrected chi connectivity index (χ0v) is 16.6. The summed E-state index contributed by atoms with van der Waals surface area (Å²) in [4.78, 5) is 35.8. The highest BCUT2D eigenvalue weighted by molar-refractivity contribution is 7.17. The molecule has 146 valence electrons. The monoisotopic (exact) mass is 398 g/mol. The molecule has 0 fully saturated rings. The minimum atomic E-state index is -1.08. The largest absolute Gasteiger partial charge is 0.477 e. The molecule has 1 amide bonds. The van der Waals surface area contributed by atoms with Crippen LogP contribution in [0, 0.1) is 0 Å². The first-order valence-corrected chi connectivity index (χ1v) is 9.94.